The number of likely N-dealkylation sites (tertiary alicyclic amines) is 2. The fraction of sp³-hybridized carbons (Fsp3) is 0.889. The quantitative estimate of drug-likeness (QED) is 0.798. The molecule has 0 saturated carbocycles. The summed E-state index contributed by atoms with van der Waals surface area (Å²) in [4.78, 5) is 29.4. The number of carbonyl (C=O) groups is 2. The van der Waals surface area contributed by atoms with Crippen molar-refractivity contribution < 1.29 is 9.59 Å². The minimum Gasteiger partial charge on any atom is -0.341 e. The molecule has 3 saturated heterocycles. The molecular formula is C18H31N3O2. The molecule has 130 valence electrons. The summed E-state index contributed by atoms with van der Waals surface area (Å²) in [6.07, 6.45) is 5.37. The molecule has 3 heterocycles. The van der Waals surface area contributed by atoms with Crippen LogP contribution in [0.5, 0.6) is 0 Å². The zero-order chi connectivity index (χ0) is 16.6. The fourth-order valence-corrected chi connectivity index (χ4v) is 4.24. The fourth-order valence-electron chi connectivity index (χ4n) is 4.24. The second kappa shape index (κ2) is 6.42. The Kier molecular flexibility index (Phi) is 4.68. The van der Waals surface area contributed by atoms with Crippen LogP contribution in [-0.4, -0.2) is 59.9 Å². The van der Waals surface area contributed by atoms with E-state index in [1.165, 1.54) is 12.8 Å². The van der Waals surface area contributed by atoms with Crippen LogP contribution in [0.15, 0.2) is 0 Å². The summed E-state index contributed by atoms with van der Waals surface area (Å²) in [6, 6.07) is 1.07. The summed E-state index contributed by atoms with van der Waals surface area (Å²) in [5.41, 5.74) is -0.364. The molecule has 0 spiro atoms. The minimum atomic E-state index is -0.364. The van der Waals surface area contributed by atoms with Gasteiger partial charge in [-0.3, -0.25) is 9.59 Å². The van der Waals surface area contributed by atoms with Crippen molar-refractivity contribution >= 4 is 11.8 Å². The molecule has 2 bridgehead atoms. The minimum absolute atomic E-state index is 0.00771. The third-order valence-electron chi connectivity index (χ3n) is 5.53. The predicted molar refractivity (Wildman–Crippen MR) is 89.9 cm³/mol. The molecule has 5 nitrogen and oxygen atoms in total. The van der Waals surface area contributed by atoms with Gasteiger partial charge < -0.3 is 15.1 Å². The van der Waals surface area contributed by atoms with Gasteiger partial charge in [0.1, 0.15) is 0 Å². The lowest BCUT2D eigenvalue weighted by Crippen LogP contribution is -2.50. The Hall–Kier alpha value is -1.10. The Morgan fingerprint density at radius 2 is 1.65 bits per heavy atom. The molecule has 0 aromatic rings. The predicted octanol–water partition coefficient (Wildman–Crippen LogP) is 1.62. The zero-order valence-electron chi connectivity index (χ0n) is 14.8. The van der Waals surface area contributed by atoms with Crippen LogP contribution in [0.4, 0.5) is 0 Å². The highest BCUT2D eigenvalue weighted by Crippen LogP contribution is 2.26. The van der Waals surface area contributed by atoms with Crippen LogP contribution in [-0.2, 0) is 9.59 Å². The number of nitrogens with zero attached hydrogens (tertiary/aromatic N) is 2. The van der Waals surface area contributed by atoms with Crippen LogP contribution >= 0.6 is 0 Å². The van der Waals surface area contributed by atoms with Crippen molar-refractivity contribution in [2.24, 2.45) is 11.3 Å². The van der Waals surface area contributed by atoms with Crippen LogP contribution in [0.1, 0.15) is 52.9 Å². The van der Waals surface area contributed by atoms with E-state index in [4.69, 9.17) is 0 Å². The summed E-state index contributed by atoms with van der Waals surface area (Å²) in [5, 5.41) is 3.63. The number of carbonyl (C=O) groups excluding carboxylic acids is 2. The van der Waals surface area contributed by atoms with E-state index in [1.807, 2.05) is 25.7 Å². The molecule has 3 fully saturated rings. The third kappa shape index (κ3) is 3.70. The molecule has 0 radical (unpaired) electrons. The normalized spacial score (nSPS) is 31.9. The Balaban J connectivity index is 1.62. The van der Waals surface area contributed by atoms with Crippen LogP contribution in [0, 0.1) is 11.3 Å². The van der Waals surface area contributed by atoms with Gasteiger partial charge in [-0.2, -0.15) is 0 Å². The van der Waals surface area contributed by atoms with Gasteiger partial charge >= 0.3 is 0 Å². The molecule has 2 amide bonds. The SMILES string of the molecule is CC(C)(C)C(=O)N1CCCC(C(=O)N2CCC3CCC(C2)N3)C1. The lowest BCUT2D eigenvalue weighted by molar-refractivity contribution is -0.145. The molecule has 0 aromatic carbocycles. The van der Waals surface area contributed by atoms with Crippen molar-refractivity contribution in [3.8, 4) is 0 Å². The molecule has 3 atom stereocenters. The summed E-state index contributed by atoms with van der Waals surface area (Å²) >= 11 is 0. The maximum atomic E-state index is 13.0. The van der Waals surface area contributed by atoms with Gasteiger partial charge in [-0.1, -0.05) is 20.8 Å². The second-order valence-electron chi connectivity index (χ2n) is 8.55. The molecule has 3 rings (SSSR count). The van der Waals surface area contributed by atoms with Crippen molar-refractivity contribution in [2.45, 2.75) is 65.0 Å². The maximum absolute atomic E-state index is 13.0. The topological polar surface area (TPSA) is 52.7 Å². The Morgan fingerprint density at radius 3 is 2.39 bits per heavy atom. The number of nitrogens with one attached hydrogen (secondary N) is 1. The first-order chi connectivity index (χ1) is 10.8. The summed E-state index contributed by atoms with van der Waals surface area (Å²) in [7, 11) is 0. The number of hydrogen-bond donors (Lipinski definition) is 1. The average molecular weight is 321 g/mol. The van der Waals surface area contributed by atoms with E-state index in [1.54, 1.807) is 0 Å². The van der Waals surface area contributed by atoms with Crippen molar-refractivity contribution in [1.82, 2.24) is 15.1 Å². The van der Waals surface area contributed by atoms with E-state index in [9.17, 15) is 9.59 Å². The molecule has 1 N–H and O–H groups in total. The van der Waals surface area contributed by atoms with Crippen molar-refractivity contribution in [3.63, 3.8) is 0 Å². The molecule has 23 heavy (non-hydrogen) atoms. The van der Waals surface area contributed by atoms with E-state index in [0.29, 0.717) is 18.6 Å². The van der Waals surface area contributed by atoms with Crippen LogP contribution < -0.4 is 5.32 Å². The van der Waals surface area contributed by atoms with Crippen LogP contribution in [0.3, 0.4) is 0 Å². The first-order valence-corrected chi connectivity index (χ1v) is 9.19. The van der Waals surface area contributed by atoms with Crippen LogP contribution in [0.2, 0.25) is 0 Å². The highest BCUT2D eigenvalue weighted by molar-refractivity contribution is 5.84. The van der Waals surface area contributed by atoms with E-state index in [-0.39, 0.29) is 23.1 Å². The van der Waals surface area contributed by atoms with Crippen molar-refractivity contribution in [1.29, 1.82) is 0 Å². The molecule has 0 aliphatic carbocycles. The molecule has 3 unspecified atom stereocenters. The molecular weight excluding hydrogens is 290 g/mol. The lowest BCUT2D eigenvalue weighted by atomic mass is 9.90. The molecule has 3 aliphatic rings. The Labute approximate surface area is 139 Å². The molecule has 5 heteroatoms. The van der Waals surface area contributed by atoms with Gasteiger partial charge in [-0.25, -0.2) is 0 Å². The summed E-state index contributed by atoms with van der Waals surface area (Å²) in [6.45, 7) is 8.99. The van der Waals surface area contributed by atoms with Gasteiger partial charge in [0.15, 0.2) is 0 Å². The van der Waals surface area contributed by atoms with Gasteiger partial charge in [0.05, 0.1) is 5.92 Å². The molecule has 0 aromatic heterocycles. The van der Waals surface area contributed by atoms with Gasteiger partial charge in [-0.05, 0) is 32.1 Å². The average Bonchev–Trinajstić information content (AvgIpc) is 2.84. The zero-order valence-corrected chi connectivity index (χ0v) is 14.8. The van der Waals surface area contributed by atoms with E-state index in [0.717, 1.165) is 38.9 Å². The molecule has 3 aliphatic heterocycles. The van der Waals surface area contributed by atoms with E-state index in [2.05, 4.69) is 10.2 Å². The third-order valence-corrected chi connectivity index (χ3v) is 5.53. The summed E-state index contributed by atoms with van der Waals surface area (Å²) < 4.78 is 0. The first-order valence-electron chi connectivity index (χ1n) is 9.19. The van der Waals surface area contributed by atoms with Gasteiger partial charge in [0.2, 0.25) is 11.8 Å². The van der Waals surface area contributed by atoms with Gasteiger partial charge in [-0.15, -0.1) is 0 Å². The van der Waals surface area contributed by atoms with Crippen LogP contribution in [0.25, 0.3) is 0 Å². The highest BCUT2D eigenvalue weighted by Gasteiger charge is 2.37. The standard InChI is InChI=1S/C18H31N3O2/c1-18(2,3)17(23)21-9-4-5-13(11-21)16(22)20-10-8-14-6-7-15(12-20)19-14/h13-15,19H,4-12H2,1-3H3. The van der Waals surface area contributed by atoms with E-state index < -0.39 is 0 Å². The number of hydrogen-bond acceptors (Lipinski definition) is 3. The number of amides is 2. The second-order valence-corrected chi connectivity index (χ2v) is 8.55. The first kappa shape index (κ1) is 16.7. The monoisotopic (exact) mass is 321 g/mol. The van der Waals surface area contributed by atoms with Gasteiger partial charge in [0, 0.05) is 43.7 Å². The Morgan fingerprint density at radius 1 is 0.913 bits per heavy atom. The number of piperidine rings is 1. The lowest BCUT2D eigenvalue weighted by Gasteiger charge is -2.38. The van der Waals surface area contributed by atoms with Gasteiger partial charge in [0.25, 0.3) is 0 Å². The summed E-state index contributed by atoms with van der Waals surface area (Å²) in [5.74, 6) is 0.434. The Bertz CT molecular complexity index is 471. The maximum Gasteiger partial charge on any atom is 0.227 e. The highest BCUT2D eigenvalue weighted by atomic mass is 16.2. The largest absolute Gasteiger partial charge is 0.341 e. The smallest absolute Gasteiger partial charge is 0.227 e. The van der Waals surface area contributed by atoms with E-state index >= 15 is 0 Å². The number of fused-ring (bicyclic) bond motifs is 2. The van der Waals surface area contributed by atoms with Crippen molar-refractivity contribution in [2.75, 3.05) is 26.2 Å². The van der Waals surface area contributed by atoms with Crippen molar-refractivity contribution in [3.05, 3.63) is 0 Å². The number of rotatable bonds is 1.